The van der Waals surface area contributed by atoms with E-state index in [-0.39, 0.29) is 31.7 Å². The number of hydrogen-bond acceptors (Lipinski definition) is 7. The number of carbonyl (C=O) groups is 4. The van der Waals surface area contributed by atoms with E-state index in [0.29, 0.717) is 17.1 Å². The number of imide groups is 1. The Balaban J connectivity index is 1.79. The molecule has 180 valence electrons. The predicted octanol–water partition coefficient (Wildman–Crippen LogP) is 2.68. The lowest BCUT2D eigenvalue weighted by molar-refractivity contribution is -0.124. The number of urea groups is 1. The standard InChI is InChI=1S/C24H27N3O7/c1-4-34-23(30)16-7-5-8-17(13-16)25-21(28)15-20-22(29)27(24(31)26(20)11-12-32-2)18-9-6-10-19(14-18)33-3/h5-10,13-14,20H,4,11-12,15H2,1-3H3,(H,25,28)/t20-/m1/s1. The van der Waals surface area contributed by atoms with E-state index in [4.69, 9.17) is 14.2 Å². The van der Waals surface area contributed by atoms with Gasteiger partial charge in [0, 0.05) is 25.4 Å². The third kappa shape index (κ3) is 5.52. The summed E-state index contributed by atoms with van der Waals surface area (Å²) in [6.45, 7) is 2.27. The molecule has 34 heavy (non-hydrogen) atoms. The van der Waals surface area contributed by atoms with Crippen LogP contribution in [0.15, 0.2) is 48.5 Å². The van der Waals surface area contributed by atoms with Gasteiger partial charge in [0.15, 0.2) is 0 Å². The van der Waals surface area contributed by atoms with Crippen molar-refractivity contribution in [2.75, 3.05) is 44.2 Å². The van der Waals surface area contributed by atoms with Gasteiger partial charge in [-0.3, -0.25) is 9.59 Å². The second-order valence-corrected chi connectivity index (χ2v) is 7.41. The smallest absolute Gasteiger partial charge is 0.338 e. The average Bonchev–Trinajstić information content (AvgIpc) is 3.06. The Labute approximate surface area is 197 Å². The lowest BCUT2D eigenvalue weighted by atomic mass is 10.1. The van der Waals surface area contributed by atoms with Crippen molar-refractivity contribution in [2.24, 2.45) is 0 Å². The molecule has 10 heteroatoms. The van der Waals surface area contributed by atoms with Gasteiger partial charge in [-0.25, -0.2) is 14.5 Å². The van der Waals surface area contributed by atoms with E-state index >= 15 is 0 Å². The Kier molecular flexibility index (Phi) is 8.20. The van der Waals surface area contributed by atoms with Crippen LogP contribution in [0.25, 0.3) is 0 Å². The maximum Gasteiger partial charge on any atom is 0.338 e. The van der Waals surface area contributed by atoms with Gasteiger partial charge >= 0.3 is 12.0 Å². The predicted molar refractivity (Wildman–Crippen MR) is 124 cm³/mol. The summed E-state index contributed by atoms with van der Waals surface area (Å²) < 4.78 is 15.3. The first-order chi connectivity index (χ1) is 16.4. The Morgan fingerprint density at radius 3 is 2.53 bits per heavy atom. The molecule has 1 aliphatic heterocycles. The fourth-order valence-corrected chi connectivity index (χ4v) is 3.59. The van der Waals surface area contributed by atoms with Crippen LogP contribution in [0.1, 0.15) is 23.7 Å². The van der Waals surface area contributed by atoms with Crippen molar-refractivity contribution in [1.29, 1.82) is 0 Å². The molecular formula is C24H27N3O7. The molecule has 2 aromatic rings. The van der Waals surface area contributed by atoms with Gasteiger partial charge in [-0.1, -0.05) is 12.1 Å². The second-order valence-electron chi connectivity index (χ2n) is 7.41. The van der Waals surface area contributed by atoms with Gasteiger partial charge in [-0.2, -0.15) is 0 Å². The Hall–Kier alpha value is -3.92. The molecule has 0 unspecified atom stereocenters. The molecule has 1 fully saturated rings. The fraction of sp³-hybridized carbons (Fsp3) is 0.333. The molecule has 0 aliphatic carbocycles. The molecule has 10 nitrogen and oxygen atoms in total. The minimum absolute atomic E-state index is 0.137. The summed E-state index contributed by atoms with van der Waals surface area (Å²) in [5.41, 5.74) is 1.01. The van der Waals surface area contributed by atoms with Gasteiger partial charge in [0.2, 0.25) is 5.91 Å². The molecule has 3 rings (SSSR count). The van der Waals surface area contributed by atoms with E-state index in [1.165, 1.54) is 25.2 Å². The number of ether oxygens (including phenoxy) is 3. The molecule has 4 amide bonds. The van der Waals surface area contributed by atoms with Gasteiger partial charge in [0.05, 0.1) is 38.0 Å². The van der Waals surface area contributed by atoms with Gasteiger partial charge < -0.3 is 24.4 Å². The maximum atomic E-state index is 13.2. The number of rotatable bonds is 10. The normalized spacial score (nSPS) is 15.4. The second kappa shape index (κ2) is 11.3. The van der Waals surface area contributed by atoms with Crippen LogP contribution in [0.4, 0.5) is 16.2 Å². The summed E-state index contributed by atoms with van der Waals surface area (Å²) in [4.78, 5) is 53.5. The third-order valence-corrected chi connectivity index (χ3v) is 5.20. The van der Waals surface area contributed by atoms with Gasteiger partial charge in [0.25, 0.3) is 5.91 Å². The Morgan fingerprint density at radius 2 is 1.82 bits per heavy atom. The number of esters is 1. The topological polar surface area (TPSA) is 114 Å². The first kappa shape index (κ1) is 24.7. The van der Waals surface area contributed by atoms with Gasteiger partial charge in [-0.15, -0.1) is 0 Å². The van der Waals surface area contributed by atoms with Crippen LogP contribution in [-0.2, 0) is 19.1 Å². The van der Waals surface area contributed by atoms with Gasteiger partial charge in [0.1, 0.15) is 11.8 Å². The molecule has 1 atom stereocenters. The molecule has 0 aromatic heterocycles. The van der Waals surface area contributed by atoms with Crippen molar-refractivity contribution in [3.8, 4) is 5.75 Å². The lowest BCUT2D eigenvalue weighted by Crippen LogP contribution is -2.39. The van der Waals surface area contributed by atoms with Crippen molar-refractivity contribution in [1.82, 2.24) is 4.90 Å². The fourth-order valence-electron chi connectivity index (χ4n) is 3.59. The van der Waals surface area contributed by atoms with Crippen LogP contribution in [0.3, 0.4) is 0 Å². The largest absolute Gasteiger partial charge is 0.497 e. The first-order valence-corrected chi connectivity index (χ1v) is 10.7. The van der Waals surface area contributed by atoms with Crippen molar-refractivity contribution in [2.45, 2.75) is 19.4 Å². The highest BCUT2D eigenvalue weighted by Crippen LogP contribution is 2.29. The molecular weight excluding hydrogens is 442 g/mol. The number of nitrogens with one attached hydrogen (secondary N) is 1. The highest BCUT2D eigenvalue weighted by molar-refractivity contribution is 6.22. The number of benzene rings is 2. The molecule has 0 spiro atoms. The number of anilines is 2. The summed E-state index contributed by atoms with van der Waals surface area (Å²) in [5, 5.41) is 2.68. The van der Waals surface area contributed by atoms with E-state index in [0.717, 1.165) is 4.90 Å². The van der Waals surface area contributed by atoms with E-state index in [9.17, 15) is 19.2 Å². The highest BCUT2D eigenvalue weighted by Gasteiger charge is 2.46. The summed E-state index contributed by atoms with van der Waals surface area (Å²) in [6, 6.07) is 11.3. The van der Waals surface area contributed by atoms with E-state index in [2.05, 4.69) is 5.32 Å². The minimum atomic E-state index is -1.01. The van der Waals surface area contributed by atoms with Crippen molar-refractivity contribution >= 4 is 35.2 Å². The van der Waals surface area contributed by atoms with Crippen LogP contribution < -0.4 is 15.0 Å². The summed E-state index contributed by atoms with van der Waals surface area (Å²) in [6.07, 6.45) is -0.265. The molecule has 0 radical (unpaired) electrons. The maximum absolute atomic E-state index is 13.2. The molecule has 0 saturated carbocycles. The van der Waals surface area contributed by atoms with Gasteiger partial charge in [-0.05, 0) is 37.3 Å². The van der Waals surface area contributed by atoms with E-state index in [1.807, 2.05) is 0 Å². The first-order valence-electron chi connectivity index (χ1n) is 10.7. The highest BCUT2D eigenvalue weighted by atomic mass is 16.5. The number of amides is 4. The zero-order chi connectivity index (χ0) is 24.7. The van der Waals surface area contributed by atoms with Crippen LogP contribution in [-0.4, -0.2) is 68.7 Å². The number of carbonyl (C=O) groups excluding carboxylic acids is 4. The molecule has 1 heterocycles. The zero-order valence-corrected chi connectivity index (χ0v) is 19.3. The quantitative estimate of drug-likeness (QED) is 0.420. The minimum Gasteiger partial charge on any atom is -0.497 e. The molecule has 0 bridgehead atoms. The van der Waals surface area contributed by atoms with Crippen LogP contribution in [0.5, 0.6) is 5.75 Å². The van der Waals surface area contributed by atoms with Crippen molar-refractivity contribution in [3.05, 3.63) is 54.1 Å². The van der Waals surface area contributed by atoms with E-state index in [1.54, 1.807) is 49.4 Å². The van der Waals surface area contributed by atoms with Crippen LogP contribution in [0.2, 0.25) is 0 Å². The SMILES string of the molecule is CCOC(=O)c1cccc(NC(=O)C[C@@H]2C(=O)N(c3cccc(OC)c3)C(=O)N2CCOC)c1. The zero-order valence-electron chi connectivity index (χ0n) is 19.3. The Morgan fingerprint density at radius 1 is 1.06 bits per heavy atom. The van der Waals surface area contributed by atoms with Crippen molar-refractivity contribution < 1.29 is 33.4 Å². The Bertz CT molecular complexity index is 1070. The number of hydrogen-bond donors (Lipinski definition) is 1. The van der Waals surface area contributed by atoms with Crippen LogP contribution >= 0.6 is 0 Å². The van der Waals surface area contributed by atoms with E-state index < -0.39 is 29.9 Å². The van der Waals surface area contributed by atoms with Crippen molar-refractivity contribution in [3.63, 3.8) is 0 Å². The third-order valence-electron chi connectivity index (χ3n) is 5.20. The van der Waals surface area contributed by atoms with Crippen LogP contribution in [0, 0.1) is 0 Å². The summed E-state index contributed by atoms with van der Waals surface area (Å²) in [5.74, 6) is -1.02. The molecule has 1 aliphatic rings. The monoisotopic (exact) mass is 469 g/mol. The number of methoxy groups -OCH3 is 2. The lowest BCUT2D eigenvalue weighted by Gasteiger charge is -2.21. The average molecular weight is 469 g/mol. The molecule has 1 N–H and O–H groups in total. The summed E-state index contributed by atoms with van der Waals surface area (Å²) >= 11 is 0. The molecule has 1 saturated heterocycles. The number of nitrogens with zero attached hydrogens (tertiary/aromatic N) is 2. The summed E-state index contributed by atoms with van der Waals surface area (Å²) in [7, 11) is 2.97. The molecule has 2 aromatic carbocycles.